The lowest BCUT2D eigenvalue weighted by atomic mass is 10.1. The number of ether oxygens (including phenoxy) is 4. The molecule has 1 saturated heterocycles. The highest BCUT2D eigenvalue weighted by Crippen LogP contribution is 2.33. The second kappa shape index (κ2) is 14.3. The number of rotatable bonds is 12. The maximum absolute atomic E-state index is 13.3. The summed E-state index contributed by atoms with van der Waals surface area (Å²) in [6.07, 6.45) is 1.74. The quantitative estimate of drug-likeness (QED) is 0.168. The highest BCUT2D eigenvalue weighted by Gasteiger charge is 2.38. The molecule has 0 radical (unpaired) electrons. The number of anilines is 2. The van der Waals surface area contributed by atoms with Crippen LogP contribution < -0.4 is 24.4 Å². The molecule has 0 atom stereocenters. The van der Waals surface area contributed by atoms with Gasteiger partial charge in [-0.3, -0.25) is 19.4 Å². The summed E-state index contributed by atoms with van der Waals surface area (Å²) in [5, 5.41) is 3.11. The molecule has 1 N–H and O–H groups in total. The van der Waals surface area contributed by atoms with E-state index in [4.69, 9.17) is 31.2 Å². The second-order valence-corrected chi connectivity index (χ2v) is 9.53. The minimum atomic E-state index is -0.429. The Labute approximate surface area is 255 Å². The number of hydrogen-bond donors (Lipinski definition) is 1. The average molecular weight is 604 g/mol. The number of hydrogen-bond acceptors (Lipinski definition) is 8. The predicted octanol–water partition coefficient (Wildman–Crippen LogP) is 5.28. The first-order valence-electron chi connectivity index (χ1n) is 13.8. The van der Waals surface area contributed by atoms with Gasteiger partial charge >= 0.3 is 5.97 Å². The van der Waals surface area contributed by atoms with Crippen molar-refractivity contribution in [2.75, 3.05) is 43.7 Å². The zero-order chi connectivity index (χ0) is 30.9. The lowest BCUT2D eigenvalue weighted by molar-refractivity contribution is -0.122. The fraction of sp³-hybridized carbons (Fsp3) is 0.250. The van der Waals surface area contributed by atoms with E-state index in [-0.39, 0.29) is 19.1 Å². The highest BCUT2D eigenvalue weighted by atomic mass is 32.1. The molecule has 0 unspecified atom stereocenters. The molecular weight excluding hydrogens is 570 g/mol. The number of esters is 1. The summed E-state index contributed by atoms with van der Waals surface area (Å²) in [5.74, 6) is 0.418. The molecule has 0 spiro atoms. The summed E-state index contributed by atoms with van der Waals surface area (Å²) in [6.45, 7) is 6.49. The summed E-state index contributed by atoms with van der Waals surface area (Å²) in [4.78, 5) is 40.9. The maximum atomic E-state index is 13.3. The third-order valence-electron chi connectivity index (χ3n) is 6.38. The minimum Gasteiger partial charge on any atom is -0.494 e. The van der Waals surface area contributed by atoms with Gasteiger partial charge in [0, 0.05) is 17.9 Å². The minimum absolute atomic E-state index is 0.215. The monoisotopic (exact) mass is 603 g/mol. The van der Waals surface area contributed by atoms with E-state index in [1.54, 1.807) is 60.4 Å². The highest BCUT2D eigenvalue weighted by molar-refractivity contribution is 7.80. The molecule has 4 rings (SSSR count). The lowest BCUT2D eigenvalue weighted by Gasteiger charge is -2.20. The molecule has 224 valence electrons. The van der Waals surface area contributed by atoms with Crippen LogP contribution in [0.25, 0.3) is 6.08 Å². The molecule has 0 saturated carbocycles. The Kier molecular flexibility index (Phi) is 10.3. The first kappa shape index (κ1) is 31.0. The lowest BCUT2D eigenvalue weighted by Crippen LogP contribution is -2.32. The molecular formula is C32H33N3O7S. The number of likely N-dealkylation sites (N-methyl/N-ethyl adjacent to an activating group) is 1. The van der Waals surface area contributed by atoms with Crippen LogP contribution in [0.1, 0.15) is 36.7 Å². The predicted molar refractivity (Wildman–Crippen MR) is 168 cm³/mol. The smallest absolute Gasteiger partial charge is 0.338 e. The molecule has 0 aliphatic carbocycles. The number of thiocarbonyl (C=S) groups is 1. The fourth-order valence-electron chi connectivity index (χ4n) is 4.35. The fourth-order valence-corrected chi connectivity index (χ4v) is 4.77. The van der Waals surface area contributed by atoms with Gasteiger partial charge in [0.25, 0.3) is 11.8 Å². The second-order valence-electron chi connectivity index (χ2n) is 9.17. The van der Waals surface area contributed by atoms with Gasteiger partial charge in [0.15, 0.2) is 23.2 Å². The van der Waals surface area contributed by atoms with Crippen molar-refractivity contribution in [1.29, 1.82) is 0 Å². The van der Waals surface area contributed by atoms with Crippen molar-refractivity contribution in [3.05, 3.63) is 83.6 Å². The van der Waals surface area contributed by atoms with Gasteiger partial charge in [-0.25, -0.2) is 4.79 Å². The Hall–Kier alpha value is -4.90. The summed E-state index contributed by atoms with van der Waals surface area (Å²) < 4.78 is 21.8. The molecule has 3 aromatic carbocycles. The van der Waals surface area contributed by atoms with Gasteiger partial charge < -0.3 is 24.3 Å². The third kappa shape index (κ3) is 7.31. The Balaban J connectivity index is 1.48. The van der Waals surface area contributed by atoms with Crippen molar-refractivity contribution in [2.24, 2.45) is 0 Å². The van der Waals surface area contributed by atoms with Crippen LogP contribution in [0.5, 0.6) is 17.2 Å². The topological polar surface area (TPSA) is 107 Å². The summed E-state index contributed by atoms with van der Waals surface area (Å²) in [7, 11) is 1.49. The van der Waals surface area contributed by atoms with Gasteiger partial charge in [-0.1, -0.05) is 6.07 Å². The van der Waals surface area contributed by atoms with E-state index in [1.807, 2.05) is 38.1 Å². The van der Waals surface area contributed by atoms with Crippen molar-refractivity contribution in [3.8, 4) is 17.2 Å². The van der Waals surface area contributed by atoms with Crippen LogP contribution in [0.4, 0.5) is 11.4 Å². The van der Waals surface area contributed by atoms with Crippen LogP contribution in [0.15, 0.2) is 72.4 Å². The standard InChI is InChI=1S/C32H33N3O7S/c1-5-34-30(37)26(35(32(34)43)24-13-15-25(16-14-24)40-6-2)18-21-8-17-27(28(19-21)39-4)42-20-29(36)33-23-11-9-22(10-12-23)31(38)41-7-3/h8-19H,5-7,20H2,1-4H3,(H,33,36)/b26-18+. The van der Waals surface area contributed by atoms with Crippen LogP contribution in [-0.4, -0.2) is 61.3 Å². The molecule has 1 aliphatic heterocycles. The van der Waals surface area contributed by atoms with E-state index in [0.29, 0.717) is 52.3 Å². The van der Waals surface area contributed by atoms with Gasteiger partial charge in [-0.05, 0) is 105 Å². The van der Waals surface area contributed by atoms with Crippen LogP contribution in [-0.2, 0) is 14.3 Å². The van der Waals surface area contributed by atoms with Crippen molar-refractivity contribution >= 4 is 52.6 Å². The van der Waals surface area contributed by atoms with Crippen LogP contribution in [0.2, 0.25) is 0 Å². The van der Waals surface area contributed by atoms with E-state index >= 15 is 0 Å². The Morgan fingerprint density at radius 1 is 0.907 bits per heavy atom. The Bertz CT molecular complexity index is 1520. The van der Waals surface area contributed by atoms with E-state index < -0.39 is 11.9 Å². The normalized spacial score (nSPS) is 13.7. The van der Waals surface area contributed by atoms with Crippen LogP contribution in [0, 0.1) is 0 Å². The zero-order valence-corrected chi connectivity index (χ0v) is 25.2. The molecule has 11 heteroatoms. The largest absolute Gasteiger partial charge is 0.494 e. The number of nitrogens with one attached hydrogen (secondary N) is 1. The molecule has 1 heterocycles. The van der Waals surface area contributed by atoms with Crippen LogP contribution in [0.3, 0.4) is 0 Å². The first-order chi connectivity index (χ1) is 20.8. The number of methoxy groups -OCH3 is 1. The molecule has 0 aromatic heterocycles. The summed E-state index contributed by atoms with van der Waals surface area (Å²) in [6, 6.07) is 18.9. The van der Waals surface area contributed by atoms with Gasteiger partial charge in [0.05, 0.1) is 25.9 Å². The molecule has 0 bridgehead atoms. The molecule has 1 fully saturated rings. The van der Waals surface area contributed by atoms with E-state index in [9.17, 15) is 14.4 Å². The van der Waals surface area contributed by atoms with Crippen LogP contribution >= 0.6 is 12.2 Å². The SMILES string of the molecule is CCOC(=O)c1ccc(NC(=O)COc2ccc(/C=C3\C(=O)N(CC)C(=S)N3c3ccc(OCC)cc3)cc2OC)cc1. The number of carbonyl (C=O) groups is 3. The van der Waals surface area contributed by atoms with Crippen molar-refractivity contribution < 1.29 is 33.3 Å². The molecule has 3 aromatic rings. The maximum Gasteiger partial charge on any atom is 0.338 e. The summed E-state index contributed by atoms with van der Waals surface area (Å²) in [5.41, 5.74) is 2.70. The Morgan fingerprint density at radius 3 is 2.26 bits per heavy atom. The van der Waals surface area contributed by atoms with Crippen molar-refractivity contribution in [1.82, 2.24) is 4.90 Å². The molecule has 43 heavy (non-hydrogen) atoms. The van der Waals surface area contributed by atoms with Crippen molar-refractivity contribution in [3.63, 3.8) is 0 Å². The van der Waals surface area contributed by atoms with E-state index in [2.05, 4.69) is 5.32 Å². The Morgan fingerprint density at radius 2 is 1.63 bits per heavy atom. The molecule has 10 nitrogen and oxygen atoms in total. The number of benzene rings is 3. The third-order valence-corrected chi connectivity index (χ3v) is 6.78. The van der Waals surface area contributed by atoms with Crippen molar-refractivity contribution in [2.45, 2.75) is 20.8 Å². The number of amides is 2. The number of nitrogens with zero attached hydrogens (tertiary/aromatic N) is 2. The van der Waals surface area contributed by atoms with Gasteiger partial charge in [-0.15, -0.1) is 0 Å². The molecule has 1 aliphatic rings. The van der Waals surface area contributed by atoms with E-state index in [1.165, 1.54) is 12.0 Å². The van der Waals surface area contributed by atoms with Gasteiger partial charge in [0.2, 0.25) is 0 Å². The van der Waals surface area contributed by atoms with Gasteiger partial charge in [-0.2, -0.15) is 0 Å². The summed E-state index contributed by atoms with van der Waals surface area (Å²) >= 11 is 5.66. The first-order valence-corrected chi connectivity index (χ1v) is 14.2. The average Bonchev–Trinajstić information content (AvgIpc) is 3.25. The van der Waals surface area contributed by atoms with Gasteiger partial charge in [0.1, 0.15) is 11.4 Å². The van der Waals surface area contributed by atoms with E-state index in [0.717, 1.165) is 11.4 Å². The zero-order valence-electron chi connectivity index (χ0n) is 24.4. The molecule has 2 amide bonds. The number of carbonyl (C=O) groups excluding carboxylic acids is 3.